The molecule has 1 atom stereocenters. The van der Waals surface area contributed by atoms with Crippen molar-refractivity contribution < 1.29 is 9.47 Å². The number of benzene rings is 1. The molecule has 1 aromatic rings. The number of nitrogens with one attached hydrogen (secondary N) is 1. The van der Waals surface area contributed by atoms with Crippen molar-refractivity contribution in [2.45, 2.75) is 32.9 Å². The lowest BCUT2D eigenvalue weighted by molar-refractivity contribution is 0.381. The van der Waals surface area contributed by atoms with Crippen LogP contribution in [-0.2, 0) is 0 Å². The highest BCUT2D eigenvalue weighted by Crippen LogP contribution is 2.33. The molecule has 0 amide bonds. The molecule has 0 fully saturated rings. The Morgan fingerprint density at radius 2 is 1.89 bits per heavy atom. The summed E-state index contributed by atoms with van der Waals surface area (Å²) in [5.41, 5.74) is 8.18. The van der Waals surface area contributed by atoms with Gasteiger partial charge in [0.25, 0.3) is 0 Å². The van der Waals surface area contributed by atoms with Crippen molar-refractivity contribution in [1.29, 1.82) is 0 Å². The van der Waals surface area contributed by atoms with Gasteiger partial charge in [-0.25, -0.2) is 0 Å². The first kappa shape index (κ1) is 14.8. The topological polar surface area (TPSA) is 56.5 Å². The minimum absolute atomic E-state index is 0.0908. The first-order chi connectivity index (χ1) is 8.51. The minimum Gasteiger partial charge on any atom is -0.496 e. The number of ether oxygens (including phenoxy) is 2. The average molecular weight is 252 g/mol. The molecule has 0 aliphatic heterocycles. The predicted octanol–water partition coefficient (Wildman–Crippen LogP) is 2.01. The fourth-order valence-corrected chi connectivity index (χ4v) is 1.95. The molecule has 18 heavy (non-hydrogen) atoms. The molecule has 0 aliphatic rings. The van der Waals surface area contributed by atoms with E-state index in [1.54, 1.807) is 14.2 Å². The quantitative estimate of drug-likeness (QED) is 0.813. The number of hydrogen-bond donors (Lipinski definition) is 2. The lowest BCUT2D eigenvalue weighted by Gasteiger charge is -2.20. The maximum Gasteiger partial charge on any atom is 0.130 e. The number of methoxy groups -OCH3 is 2. The number of rotatable bonds is 6. The maximum absolute atomic E-state index is 6.20. The monoisotopic (exact) mass is 252 g/mol. The maximum atomic E-state index is 6.20. The van der Waals surface area contributed by atoms with Crippen LogP contribution in [0.1, 0.15) is 31.0 Å². The zero-order valence-corrected chi connectivity index (χ0v) is 11.9. The van der Waals surface area contributed by atoms with E-state index in [1.165, 1.54) is 0 Å². The van der Waals surface area contributed by atoms with Crippen molar-refractivity contribution in [3.8, 4) is 11.5 Å². The average Bonchev–Trinajstić information content (AvgIpc) is 2.35. The normalized spacial score (nSPS) is 12.6. The van der Waals surface area contributed by atoms with Gasteiger partial charge in [0.1, 0.15) is 11.5 Å². The van der Waals surface area contributed by atoms with Crippen LogP contribution in [0.25, 0.3) is 0 Å². The first-order valence-electron chi connectivity index (χ1n) is 6.21. The van der Waals surface area contributed by atoms with Gasteiger partial charge >= 0.3 is 0 Å². The highest BCUT2D eigenvalue weighted by Gasteiger charge is 2.16. The molecule has 0 saturated heterocycles. The molecule has 1 aromatic carbocycles. The second kappa shape index (κ2) is 6.61. The Morgan fingerprint density at radius 3 is 2.39 bits per heavy atom. The molecule has 1 rings (SSSR count). The molecule has 4 heteroatoms. The Balaban J connectivity index is 2.97. The van der Waals surface area contributed by atoms with Crippen molar-refractivity contribution in [2.24, 2.45) is 5.73 Å². The second-order valence-corrected chi connectivity index (χ2v) is 4.68. The van der Waals surface area contributed by atoms with Crippen molar-refractivity contribution in [3.63, 3.8) is 0 Å². The third kappa shape index (κ3) is 3.37. The van der Waals surface area contributed by atoms with Crippen LogP contribution in [0.4, 0.5) is 0 Å². The van der Waals surface area contributed by atoms with Crippen LogP contribution in [0.5, 0.6) is 11.5 Å². The van der Waals surface area contributed by atoms with E-state index >= 15 is 0 Å². The Bertz CT molecular complexity index is 392. The van der Waals surface area contributed by atoms with Crippen molar-refractivity contribution in [3.05, 3.63) is 23.3 Å². The van der Waals surface area contributed by atoms with Crippen molar-refractivity contribution >= 4 is 0 Å². The summed E-state index contributed by atoms with van der Waals surface area (Å²) < 4.78 is 10.7. The molecule has 0 aromatic heterocycles. The van der Waals surface area contributed by atoms with Crippen LogP contribution in [0.15, 0.2) is 12.1 Å². The van der Waals surface area contributed by atoms with Gasteiger partial charge in [0.2, 0.25) is 0 Å². The Hall–Kier alpha value is -1.26. The van der Waals surface area contributed by atoms with E-state index in [0.29, 0.717) is 6.04 Å². The molecule has 0 bridgehead atoms. The van der Waals surface area contributed by atoms with E-state index in [4.69, 9.17) is 15.2 Å². The summed E-state index contributed by atoms with van der Waals surface area (Å²) in [5, 5.41) is 3.33. The standard InChI is InChI=1S/C14H24N2O2/c1-9(2)16-8-12(15)11-6-7-13(17-4)10(3)14(11)18-5/h6-7,9,12,16H,8,15H2,1-5H3. The summed E-state index contributed by atoms with van der Waals surface area (Å²) in [6.07, 6.45) is 0. The Morgan fingerprint density at radius 1 is 1.22 bits per heavy atom. The summed E-state index contributed by atoms with van der Waals surface area (Å²) in [5.74, 6) is 1.63. The van der Waals surface area contributed by atoms with Gasteiger partial charge in [0, 0.05) is 29.8 Å². The van der Waals surface area contributed by atoms with Gasteiger partial charge in [-0.3, -0.25) is 0 Å². The summed E-state index contributed by atoms with van der Waals surface area (Å²) in [6, 6.07) is 4.23. The van der Waals surface area contributed by atoms with Crippen LogP contribution in [-0.4, -0.2) is 26.8 Å². The van der Waals surface area contributed by atoms with Gasteiger partial charge in [0.05, 0.1) is 14.2 Å². The number of nitrogens with two attached hydrogens (primary N) is 1. The molecule has 1 unspecified atom stereocenters. The third-order valence-corrected chi connectivity index (χ3v) is 2.96. The lowest BCUT2D eigenvalue weighted by atomic mass is 10.0. The van der Waals surface area contributed by atoms with Gasteiger partial charge in [-0.15, -0.1) is 0 Å². The van der Waals surface area contributed by atoms with E-state index in [2.05, 4.69) is 19.2 Å². The van der Waals surface area contributed by atoms with Gasteiger partial charge in [0.15, 0.2) is 0 Å². The first-order valence-corrected chi connectivity index (χ1v) is 6.21. The SMILES string of the molecule is COc1ccc(C(N)CNC(C)C)c(OC)c1C. The summed E-state index contributed by atoms with van der Waals surface area (Å²) >= 11 is 0. The summed E-state index contributed by atoms with van der Waals surface area (Å²) in [6.45, 7) is 6.90. The van der Waals surface area contributed by atoms with Crippen LogP contribution in [0, 0.1) is 6.92 Å². The molecule has 102 valence electrons. The van der Waals surface area contributed by atoms with E-state index in [0.717, 1.165) is 29.2 Å². The highest BCUT2D eigenvalue weighted by molar-refractivity contribution is 5.50. The molecule has 0 heterocycles. The molecular formula is C14H24N2O2. The molecule has 0 spiro atoms. The van der Waals surface area contributed by atoms with E-state index in [9.17, 15) is 0 Å². The molecule has 4 nitrogen and oxygen atoms in total. The van der Waals surface area contributed by atoms with Crippen LogP contribution in [0.2, 0.25) is 0 Å². The largest absolute Gasteiger partial charge is 0.496 e. The number of hydrogen-bond acceptors (Lipinski definition) is 4. The molecular weight excluding hydrogens is 228 g/mol. The second-order valence-electron chi connectivity index (χ2n) is 4.68. The van der Waals surface area contributed by atoms with Crippen LogP contribution < -0.4 is 20.5 Å². The van der Waals surface area contributed by atoms with Gasteiger partial charge < -0.3 is 20.5 Å². The zero-order valence-electron chi connectivity index (χ0n) is 11.9. The lowest BCUT2D eigenvalue weighted by Crippen LogP contribution is -2.32. The van der Waals surface area contributed by atoms with Gasteiger partial charge in [-0.05, 0) is 13.0 Å². The minimum atomic E-state index is -0.0908. The summed E-state index contributed by atoms with van der Waals surface area (Å²) in [7, 11) is 3.32. The Kier molecular flexibility index (Phi) is 5.44. The zero-order chi connectivity index (χ0) is 13.7. The molecule has 0 saturated carbocycles. The fourth-order valence-electron chi connectivity index (χ4n) is 1.95. The van der Waals surface area contributed by atoms with Crippen LogP contribution in [0.3, 0.4) is 0 Å². The van der Waals surface area contributed by atoms with Crippen molar-refractivity contribution in [2.75, 3.05) is 20.8 Å². The molecule has 0 aliphatic carbocycles. The van der Waals surface area contributed by atoms with Gasteiger partial charge in [-0.1, -0.05) is 19.9 Å². The van der Waals surface area contributed by atoms with E-state index < -0.39 is 0 Å². The highest BCUT2D eigenvalue weighted by atomic mass is 16.5. The fraction of sp³-hybridized carbons (Fsp3) is 0.571. The summed E-state index contributed by atoms with van der Waals surface area (Å²) in [4.78, 5) is 0. The predicted molar refractivity (Wildman–Crippen MR) is 74.4 cm³/mol. The van der Waals surface area contributed by atoms with Crippen LogP contribution >= 0.6 is 0 Å². The smallest absolute Gasteiger partial charge is 0.130 e. The molecule has 3 N–H and O–H groups in total. The van der Waals surface area contributed by atoms with E-state index in [-0.39, 0.29) is 6.04 Å². The van der Waals surface area contributed by atoms with Gasteiger partial charge in [-0.2, -0.15) is 0 Å². The third-order valence-electron chi connectivity index (χ3n) is 2.96. The van der Waals surface area contributed by atoms with E-state index in [1.807, 2.05) is 19.1 Å². The Labute approximate surface area is 109 Å². The molecule has 0 radical (unpaired) electrons. The van der Waals surface area contributed by atoms with Crippen molar-refractivity contribution in [1.82, 2.24) is 5.32 Å².